The van der Waals surface area contributed by atoms with E-state index < -0.39 is 47.2 Å². The van der Waals surface area contributed by atoms with E-state index in [4.69, 9.17) is 0 Å². The van der Waals surface area contributed by atoms with Gasteiger partial charge in [-0.25, -0.2) is 4.39 Å². The molecule has 1 aliphatic heterocycles. The highest BCUT2D eigenvalue weighted by Crippen LogP contribution is 2.48. The Balaban J connectivity index is 1.73. The molecule has 3 aromatic rings. The van der Waals surface area contributed by atoms with E-state index >= 15 is 4.39 Å². The number of carbonyl (C=O) groups is 1. The van der Waals surface area contributed by atoms with Crippen molar-refractivity contribution in [2.75, 3.05) is 4.90 Å². The van der Waals surface area contributed by atoms with E-state index in [1.54, 1.807) is 0 Å². The maximum Gasteiger partial charge on any atom is 0.416 e. The van der Waals surface area contributed by atoms with Crippen LogP contribution < -0.4 is 4.90 Å². The topological polar surface area (TPSA) is 51.0 Å². The summed E-state index contributed by atoms with van der Waals surface area (Å²) in [6.07, 6.45) is -3.66. The number of hydrogen-bond acceptors (Lipinski definition) is 3. The van der Waals surface area contributed by atoms with Gasteiger partial charge in [0.15, 0.2) is 0 Å². The van der Waals surface area contributed by atoms with Gasteiger partial charge in [-0.1, -0.05) is 18.2 Å². The Morgan fingerprint density at radius 1 is 1.00 bits per heavy atom. The Labute approximate surface area is 178 Å². The van der Waals surface area contributed by atoms with Gasteiger partial charge in [-0.15, -0.1) is 10.2 Å². The van der Waals surface area contributed by atoms with Crippen molar-refractivity contribution >= 4 is 11.6 Å². The second-order valence-corrected chi connectivity index (χ2v) is 7.61. The van der Waals surface area contributed by atoms with Gasteiger partial charge in [-0.2, -0.15) is 22.0 Å². The van der Waals surface area contributed by atoms with Crippen LogP contribution in [0.15, 0.2) is 48.8 Å². The molecule has 1 atom stereocenters. The van der Waals surface area contributed by atoms with Gasteiger partial charge >= 0.3 is 12.1 Å². The molecule has 1 amide bonds. The first-order valence-electron chi connectivity index (χ1n) is 9.38. The summed E-state index contributed by atoms with van der Waals surface area (Å²) in [5, 5.41) is 6.66. The fourth-order valence-corrected chi connectivity index (χ4v) is 3.73. The molecule has 11 heteroatoms. The Hall–Kier alpha value is -3.37. The number of rotatable bonds is 4. The molecule has 0 radical (unpaired) electrons. The van der Waals surface area contributed by atoms with Gasteiger partial charge in [-0.3, -0.25) is 4.79 Å². The zero-order valence-corrected chi connectivity index (χ0v) is 16.8. The summed E-state index contributed by atoms with van der Waals surface area (Å²) in [6.45, 7) is 0.249. The molecule has 0 N–H and O–H groups in total. The Bertz CT molecular complexity index is 1200. The van der Waals surface area contributed by atoms with E-state index in [1.807, 2.05) is 0 Å². The summed E-state index contributed by atoms with van der Waals surface area (Å²) >= 11 is 0. The normalized spacial score (nSPS) is 16.2. The number of hydrogen-bond donors (Lipinski definition) is 0. The summed E-state index contributed by atoms with van der Waals surface area (Å²) in [7, 11) is 1.24. The van der Waals surface area contributed by atoms with Crippen molar-refractivity contribution in [2.24, 2.45) is 7.05 Å². The van der Waals surface area contributed by atoms with Gasteiger partial charge in [0.25, 0.3) is 5.91 Å². The Morgan fingerprint density at radius 2 is 1.69 bits per heavy atom. The van der Waals surface area contributed by atoms with Crippen molar-refractivity contribution in [2.45, 2.75) is 31.2 Å². The molecule has 0 saturated carbocycles. The predicted molar refractivity (Wildman–Crippen MR) is 102 cm³/mol. The minimum absolute atomic E-state index is 0.00513. The molecule has 2 aromatic carbocycles. The van der Waals surface area contributed by atoms with E-state index in [1.165, 1.54) is 25.2 Å². The second-order valence-electron chi connectivity index (χ2n) is 7.61. The minimum atomic E-state index is -4.67. The van der Waals surface area contributed by atoms with E-state index in [-0.39, 0.29) is 16.8 Å². The molecule has 5 nitrogen and oxygen atoms in total. The fraction of sp³-hybridized carbons (Fsp3) is 0.286. The van der Waals surface area contributed by atoms with Crippen LogP contribution in [-0.2, 0) is 31.4 Å². The molecule has 2 heterocycles. The van der Waals surface area contributed by atoms with Crippen LogP contribution in [-0.4, -0.2) is 20.7 Å². The van der Waals surface area contributed by atoms with Crippen molar-refractivity contribution < 1.29 is 31.1 Å². The van der Waals surface area contributed by atoms with Crippen molar-refractivity contribution in [3.63, 3.8) is 0 Å². The third-order valence-corrected chi connectivity index (χ3v) is 5.56. The first-order chi connectivity index (χ1) is 14.9. The fourth-order valence-electron chi connectivity index (χ4n) is 3.73. The number of halogens is 6. The summed E-state index contributed by atoms with van der Waals surface area (Å²) in [4.78, 5) is 13.8. The van der Waals surface area contributed by atoms with Crippen LogP contribution in [0.25, 0.3) is 0 Å². The Kier molecular flexibility index (Phi) is 4.83. The van der Waals surface area contributed by atoms with Gasteiger partial charge in [0.2, 0.25) is 11.5 Å². The second kappa shape index (κ2) is 7.07. The summed E-state index contributed by atoms with van der Waals surface area (Å²) in [5.74, 6) is -5.71. The molecule has 168 valence electrons. The van der Waals surface area contributed by atoms with E-state index in [0.717, 1.165) is 40.1 Å². The molecule has 0 bridgehead atoms. The zero-order chi connectivity index (χ0) is 23.5. The molecule has 0 unspecified atom stereocenters. The number of anilines is 1. The van der Waals surface area contributed by atoms with Crippen LogP contribution in [0.2, 0.25) is 0 Å². The largest absolute Gasteiger partial charge is 0.416 e. The molecule has 0 aliphatic carbocycles. The lowest BCUT2D eigenvalue weighted by Crippen LogP contribution is -2.39. The summed E-state index contributed by atoms with van der Waals surface area (Å²) < 4.78 is 86.4. The van der Waals surface area contributed by atoms with Crippen molar-refractivity contribution in [3.8, 4) is 0 Å². The quantitative estimate of drug-likeness (QED) is 0.523. The monoisotopic (exact) mass is 454 g/mol. The number of amides is 1. The number of alkyl halides is 6. The first-order valence-corrected chi connectivity index (χ1v) is 9.38. The predicted octanol–water partition coefficient (Wildman–Crippen LogP) is 4.97. The van der Waals surface area contributed by atoms with Crippen molar-refractivity contribution in [1.82, 2.24) is 14.8 Å². The third-order valence-electron chi connectivity index (χ3n) is 5.56. The number of fused-ring (bicyclic) bond motifs is 1. The van der Waals surface area contributed by atoms with Crippen molar-refractivity contribution in [1.29, 1.82) is 0 Å². The maximum absolute atomic E-state index is 15.5. The average molecular weight is 454 g/mol. The average Bonchev–Trinajstić information content (AvgIpc) is 3.31. The molecular formula is C21H16F6N4O. The third kappa shape index (κ3) is 3.23. The van der Waals surface area contributed by atoms with Gasteiger partial charge in [0.05, 0.1) is 12.1 Å². The molecular weight excluding hydrogens is 438 g/mol. The SMILES string of the molecule is Cn1cnnc1C(F)(F)[C@@](C)(F)c1cccc(N2Cc3c(cccc3C(F)(F)F)C2=O)c1. The zero-order valence-electron chi connectivity index (χ0n) is 16.8. The Morgan fingerprint density at radius 3 is 2.31 bits per heavy atom. The molecule has 4 rings (SSSR count). The number of nitrogens with zero attached hydrogens (tertiary/aromatic N) is 4. The standard InChI is InChI=1S/C21H16F6N4O/c1-19(22,20(23,24)18-29-28-11-30(18)2)12-5-3-6-13(9-12)31-10-15-14(17(31)32)7-4-8-16(15)21(25,26)27/h3-9,11H,10H2,1-2H3/t19-/m0/s1. The summed E-state index contributed by atoms with van der Waals surface area (Å²) in [6, 6.07) is 8.00. The molecule has 1 aliphatic rings. The van der Waals surface area contributed by atoms with E-state index in [9.17, 15) is 26.7 Å². The molecule has 0 saturated heterocycles. The number of carbonyl (C=O) groups excluding carboxylic acids is 1. The highest BCUT2D eigenvalue weighted by atomic mass is 19.4. The first kappa shape index (κ1) is 21.8. The van der Waals surface area contributed by atoms with Gasteiger partial charge < -0.3 is 9.47 Å². The lowest BCUT2D eigenvalue weighted by molar-refractivity contribution is -0.149. The van der Waals surface area contributed by atoms with Crippen LogP contribution in [0.5, 0.6) is 0 Å². The lowest BCUT2D eigenvalue weighted by Gasteiger charge is -2.30. The van der Waals surface area contributed by atoms with Crippen molar-refractivity contribution in [3.05, 3.63) is 76.9 Å². The number of aromatic nitrogens is 3. The number of aryl methyl sites for hydroxylation is 1. The van der Waals surface area contributed by atoms with Crippen LogP contribution in [0, 0.1) is 0 Å². The smallest absolute Gasteiger partial charge is 0.316 e. The van der Waals surface area contributed by atoms with E-state index in [0.29, 0.717) is 6.92 Å². The maximum atomic E-state index is 15.5. The van der Waals surface area contributed by atoms with E-state index in [2.05, 4.69) is 10.2 Å². The van der Waals surface area contributed by atoms with Crippen LogP contribution in [0.1, 0.15) is 39.8 Å². The number of benzene rings is 2. The van der Waals surface area contributed by atoms with Gasteiger partial charge in [0, 0.05) is 18.3 Å². The molecule has 1 aromatic heterocycles. The minimum Gasteiger partial charge on any atom is -0.316 e. The van der Waals surface area contributed by atoms with Gasteiger partial charge in [-0.05, 0) is 42.3 Å². The van der Waals surface area contributed by atoms with Crippen LogP contribution in [0.3, 0.4) is 0 Å². The molecule has 0 fully saturated rings. The highest BCUT2D eigenvalue weighted by molar-refractivity contribution is 6.10. The lowest BCUT2D eigenvalue weighted by atomic mass is 9.90. The van der Waals surface area contributed by atoms with Crippen LogP contribution in [0.4, 0.5) is 32.0 Å². The highest BCUT2D eigenvalue weighted by Gasteiger charge is 2.57. The molecule has 32 heavy (non-hydrogen) atoms. The van der Waals surface area contributed by atoms with Crippen LogP contribution >= 0.6 is 0 Å². The molecule has 0 spiro atoms. The van der Waals surface area contributed by atoms with Gasteiger partial charge in [0.1, 0.15) is 6.33 Å². The summed E-state index contributed by atoms with van der Waals surface area (Å²) in [5.41, 5.74) is -5.04.